The van der Waals surface area contributed by atoms with Crippen molar-refractivity contribution in [1.29, 1.82) is 21.6 Å². The van der Waals surface area contributed by atoms with Crippen LogP contribution in [0.15, 0.2) is 128 Å². The highest BCUT2D eigenvalue weighted by Crippen LogP contribution is 2.50. The average molecular weight is 2100 g/mol. The first-order valence-corrected chi connectivity index (χ1v) is 50.6. The number of ether oxygens (including phenoxy) is 3. The Labute approximate surface area is 874 Å². The van der Waals surface area contributed by atoms with Crippen molar-refractivity contribution in [2.24, 2.45) is 57.9 Å². The highest BCUT2D eigenvalue weighted by molar-refractivity contribution is 7.81. The number of aromatic hydroxyl groups is 2. The quantitative estimate of drug-likeness (QED) is 0.00681. The Morgan fingerprint density at radius 1 is 0.554 bits per heavy atom. The summed E-state index contributed by atoms with van der Waals surface area (Å²) >= 11 is 14.7. The number of rotatable bonds is 60. The van der Waals surface area contributed by atoms with Crippen molar-refractivity contribution < 1.29 is 102 Å². The molecule has 29 N–H and O–H groups in total. The number of nitrogens with one attached hydrogen (secondary N) is 16. The number of carbonyl (C=O) groups is 13. The number of carboxylic acids is 2. The number of ketones is 5. The van der Waals surface area contributed by atoms with E-state index in [0.717, 1.165) is 16.2 Å². The van der Waals surface area contributed by atoms with Crippen molar-refractivity contribution >= 4 is 170 Å². The van der Waals surface area contributed by atoms with Gasteiger partial charge in [0.15, 0.2) is 57.9 Å². The van der Waals surface area contributed by atoms with Crippen molar-refractivity contribution in [3.8, 4) is 23.0 Å². The van der Waals surface area contributed by atoms with Gasteiger partial charge < -0.3 is 131 Å². The number of thiol groups is 2. The largest absolute Gasteiger partial charge is 0.508 e. The van der Waals surface area contributed by atoms with Gasteiger partial charge in [-0.1, -0.05) is 113 Å². The Morgan fingerprint density at radius 3 is 1.63 bits per heavy atom. The number of hydrogen-bond acceptors (Lipinski definition) is 26. The number of guanidine groups is 4. The van der Waals surface area contributed by atoms with Crippen LogP contribution in [0.2, 0.25) is 0 Å². The molecule has 0 unspecified atom stereocenters. The predicted octanol–water partition coefficient (Wildman–Crippen LogP) is 6.02. The zero-order valence-corrected chi connectivity index (χ0v) is 86.4. The van der Waals surface area contributed by atoms with Gasteiger partial charge >= 0.3 is 11.9 Å². The molecule has 45 heteroatoms. The number of hydrogen-bond donors (Lipinski definition) is 27. The molecule has 12 atom stereocenters. The van der Waals surface area contributed by atoms with Gasteiger partial charge in [-0.3, -0.25) is 74.4 Å². The number of Topliss-reactive ketones (excluding diaryl/α,β-unsaturated/α-hetero) is 5. The first-order valence-electron chi connectivity index (χ1n) is 49.1. The number of H-pyrrole nitrogens is 1. The van der Waals surface area contributed by atoms with Gasteiger partial charge in [0.2, 0.25) is 35.4 Å². The van der Waals surface area contributed by atoms with E-state index in [1.165, 1.54) is 42.2 Å². The molecular formula is C103H139N21O21S3. The number of phenols is 2. The van der Waals surface area contributed by atoms with Crippen molar-refractivity contribution in [2.45, 2.75) is 204 Å². The first kappa shape index (κ1) is 118. The smallest absolute Gasteiger partial charge is 0.336 e. The molecule has 1 aromatic heterocycles. The number of aliphatic hydroxyl groups is 1. The highest BCUT2D eigenvalue weighted by Gasteiger charge is 2.46. The van der Waals surface area contributed by atoms with Crippen LogP contribution in [0.5, 0.6) is 23.0 Å². The van der Waals surface area contributed by atoms with Gasteiger partial charge in [0.05, 0.1) is 61.6 Å². The Bertz CT molecular complexity index is 5900. The van der Waals surface area contributed by atoms with Gasteiger partial charge in [0.1, 0.15) is 41.7 Å². The standard InChI is InChI=1S/C103H139N21O21S3/c1-56(125)88(83(132)47-62(20-13-35-114-99(108)109)92(136)123-89(96(141)142)102(2,3)4)122-93(137)73(103(5,6)148)52-82(131)78-24-15-38-124(78)94(138)63(44-64-53-117-74-22-10-9-21-68(64)74)48-80(129)76(43-57-25-26-58-16-7-8-17-59(58)42-57)121-91(135)60(18-11-33-112-97(104)105)45-79(128)75(23-14-36-115-100(110)111)120-90(134)61(19-12-34-113-98(106)107)46-81(130)77(55-146)119-86(133)54-144-41-40-143-39-37-116-101(147)118-65-27-30-69(72(49-65)95(139)140)87-70-31-28-66(126)50-84(70)145-85-51-67(127)29-32-71(85)87/h7-10,16-17,21-22,25-32,42,49-51,53,56,60-63,73,75-78,87-89,117,125-127,146,148H,11-15,18-20,23-24,33-41,43-48,52,54-55H2,1-6H3,(H,119,133)(H,120,134)(H,121,135)(H,122,137)(H,123,136)(H,139,140)(H,141,142)(H4,104,105,112)(H4,106,107,113)(H4,108,109,114)(H4,110,111,115)(H2,116,118,147)/t56-,60-,61+,62-,63-,73-,75+,76+,77+,78+,88+,89-/m1/s1. The summed E-state index contributed by atoms with van der Waals surface area (Å²) < 4.78 is 15.9. The molecule has 0 saturated carbocycles. The van der Waals surface area contributed by atoms with E-state index >= 15 is 28.8 Å². The van der Waals surface area contributed by atoms with Gasteiger partial charge in [-0.25, -0.2) is 9.59 Å². The zero-order valence-electron chi connectivity index (χ0n) is 83.8. The number of fused-ring (bicyclic) bond motifs is 4. The van der Waals surface area contributed by atoms with Gasteiger partial charge in [-0.15, -0.1) is 0 Å². The van der Waals surface area contributed by atoms with E-state index in [2.05, 4.69) is 76.1 Å². The molecule has 1 saturated heterocycles. The number of aliphatic carboxylic acids is 1. The van der Waals surface area contributed by atoms with E-state index in [9.17, 15) is 59.1 Å². The van der Waals surface area contributed by atoms with Gasteiger partial charge in [-0.2, -0.15) is 25.3 Å². The number of carbonyl (C=O) groups excluding carboxylic acids is 11. The lowest BCUT2D eigenvalue weighted by atomic mass is 9.80. The van der Waals surface area contributed by atoms with Crippen molar-refractivity contribution in [1.82, 2.24) is 63.1 Å². The molecule has 7 aromatic rings. The molecule has 1 fully saturated rings. The van der Waals surface area contributed by atoms with E-state index in [4.69, 9.17) is 83.6 Å². The molecule has 148 heavy (non-hydrogen) atoms. The number of nitrogens with zero attached hydrogens (tertiary/aromatic N) is 1. The second-order valence-corrected chi connectivity index (χ2v) is 40.8. The number of aromatic carboxylic acids is 1. The van der Waals surface area contributed by atoms with E-state index < -0.39 is 215 Å². The Hall–Kier alpha value is -14.0. The fourth-order valence-electron chi connectivity index (χ4n) is 18.2. The van der Waals surface area contributed by atoms with Crippen LogP contribution in [-0.2, 0) is 79.8 Å². The molecule has 6 amide bonds. The number of likely N-dealkylation sites (tertiary alicyclic amines) is 1. The molecule has 2 aliphatic heterocycles. The minimum absolute atomic E-state index is 0.00727. The Kier molecular flexibility index (Phi) is 44.6. The van der Waals surface area contributed by atoms with Crippen LogP contribution in [0.25, 0.3) is 21.7 Å². The maximum absolute atomic E-state index is 16.0. The molecule has 6 aromatic carbocycles. The van der Waals surface area contributed by atoms with E-state index in [0.29, 0.717) is 45.4 Å². The van der Waals surface area contributed by atoms with Crippen LogP contribution in [0, 0.1) is 56.6 Å². The molecule has 800 valence electrons. The van der Waals surface area contributed by atoms with Crippen molar-refractivity contribution in [3.63, 3.8) is 0 Å². The molecule has 42 nitrogen and oxygen atoms in total. The monoisotopic (exact) mass is 2100 g/mol. The summed E-state index contributed by atoms with van der Waals surface area (Å²) in [6.07, 6.45) is -2.17. The Morgan fingerprint density at radius 2 is 1.07 bits per heavy atom. The predicted molar refractivity (Wildman–Crippen MR) is 568 cm³/mol. The molecule has 0 aliphatic carbocycles. The number of nitrogens with two attached hydrogens (primary N) is 4. The number of anilines is 1. The third kappa shape index (κ3) is 35.7. The number of phenolic OH excluding ortho intramolecular Hbond substituents is 2. The average Bonchev–Trinajstić information content (AvgIpc) is 0.941. The van der Waals surface area contributed by atoms with E-state index in [1.807, 2.05) is 54.6 Å². The molecule has 2 aliphatic rings. The topological polar surface area (TPSA) is 702 Å². The van der Waals surface area contributed by atoms with Gasteiger partial charge in [0.25, 0.3) is 0 Å². The van der Waals surface area contributed by atoms with Crippen LogP contribution in [0.3, 0.4) is 0 Å². The first-order chi connectivity index (χ1) is 70.2. The summed E-state index contributed by atoms with van der Waals surface area (Å²) in [5.41, 5.74) is 25.3. The maximum Gasteiger partial charge on any atom is 0.336 e. The van der Waals surface area contributed by atoms with Crippen LogP contribution < -0.4 is 86.2 Å². The maximum atomic E-state index is 16.0. The van der Waals surface area contributed by atoms with Crippen LogP contribution >= 0.6 is 37.5 Å². The lowest BCUT2D eigenvalue weighted by Crippen LogP contribution is -2.54. The third-order valence-corrected chi connectivity index (χ3v) is 26.8. The van der Waals surface area contributed by atoms with E-state index in [-0.39, 0.29) is 181 Å². The minimum Gasteiger partial charge on any atom is -0.508 e. The van der Waals surface area contributed by atoms with Crippen LogP contribution in [-0.4, -0.2) is 259 Å². The second-order valence-electron chi connectivity index (χ2n) is 38.8. The lowest BCUT2D eigenvalue weighted by molar-refractivity contribution is -0.146. The molecule has 9 rings (SSSR count). The Balaban J connectivity index is 0.887. The number of aromatic nitrogens is 1. The minimum atomic E-state index is -1.67. The molecular weight excluding hydrogens is 1960 g/mol. The number of aliphatic hydroxyl groups excluding tert-OH is 1. The van der Waals surface area contributed by atoms with Crippen molar-refractivity contribution in [3.05, 3.63) is 161 Å². The highest BCUT2D eigenvalue weighted by atomic mass is 32.1. The second kappa shape index (κ2) is 56.2. The summed E-state index contributed by atoms with van der Waals surface area (Å²) in [7, 11) is 0. The number of thiocarbonyl (C=S) groups is 1. The van der Waals surface area contributed by atoms with E-state index in [1.54, 1.807) is 77.2 Å². The number of aromatic amines is 1. The number of para-hydroxylation sites is 1. The number of carboxylic acid groups (broad SMARTS) is 2. The summed E-state index contributed by atoms with van der Waals surface area (Å²) in [5, 5.41) is 116. The fourth-order valence-corrected chi connectivity index (χ4v) is 18.9. The molecule has 3 heterocycles. The molecule has 0 bridgehead atoms. The normalized spacial score (nSPS) is 15.1. The number of amides is 6. The van der Waals surface area contributed by atoms with Gasteiger partial charge in [-0.05, 0) is 159 Å². The third-order valence-electron chi connectivity index (χ3n) is 25.9. The summed E-state index contributed by atoms with van der Waals surface area (Å²) in [5.74, 6) is -18.8. The van der Waals surface area contributed by atoms with Crippen LogP contribution in [0.1, 0.15) is 182 Å². The lowest BCUT2D eigenvalue weighted by Gasteiger charge is -2.33. The SMILES string of the molecule is C[C@@H](O)[C@H](NC(=O)[C@@H](CC(=O)[C@@H]1CCCN1C(=O)[C@@H](CC(=O)[C@H](Cc1ccc2ccccc2c1)NC(=O)[C@H](CCCNC(=N)N)CC(=O)[C@H](CCCNC(=N)N)NC(=O)[C@@H](CCCNC(=N)N)CC(=O)[C@H](CS)NC(=O)COCCOCCNC(=S)Nc1ccc(C2c3ccc(O)cc3Oc3cc(O)ccc32)c(C(=O)O)c1)Cc1c[nH]c2ccccc12)C(C)(C)S)C(=O)C[C@@H](CCCNC(=N)N)C(=O)N[C@H](C(=O)O)C(C)(C)C. The summed E-state index contributed by atoms with van der Waals surface area (Å²) in [4.78, 5) is 194. The van der Waals surface area contributed by atoms with Gasteiger partial charge in [0, 0.05) is 158 Å². The summed E-state index contributed by atoms with van der Waals surface area (Å²) in [6, 6.07) is 25.6. The molecule has 0 radical (unpaired) electrons. The number of benzene rings is 6. The molecule has 0 spiro atoms. The summed E-state index contributed by atoms with van der Waals surface area (Å²) in [6.45, 7) is 9.17. The zero-order chi connectivity index (χ0) is 108. The van der Waals surface area contributed by atoms with Crippen molar-refractivity contribution in [2.75, 3.05) is 76.8 Å². The fraction of sp³-hybridized carbons (Fsp3) is 0.476. The van der Waals surface area contributed by atoms with Crippen LogP contribution in [0.4, 0.5) is 5.69 Å².